The molecule has 1 aliphatic rings. The summed E-state index contributed by atoms with van der Waals surface area (Å²) in [5, 5.41) is 15.3. The first-order valence-electron chi connectivity index (χ1n) is 7.31. The zero-order valence-corrected chi connectivity index (χ0v) is 12.1. The Morgan fingerprint density at radius 2 is 2.25 bits per heavy atom. The number of rotatable bonds is 4. The summed E-state index contributed by atoms with van der Waals surface area (Å²) < 4.78 is 1.91. The molecule has 1 heterocycles. The molecule has 1 N–H and O–H groups in total. The van der Waals surface area contributed by atoms with Crippen LogP contribution in [0, 0.1) is 6.92 Å². The van der Waals surface area contributed by atoms with Gasteiger partial charge in [0, 0.05) is 13.0 Å². The van der Waals surface area contributed by atoms with E-state index in [1.807, 2.05) is 4.68 Å². The van der Waals surface area contributed by atoms with E-state index in [-0.39, 0.29) is 0 Å². The summed E-state index contributed by atoms with van der Waals surface area (Å²) in [4.78, 5) is 4.33. The van der Waals surface area contributed by atoms with Gasteiger partial charge in [-0.2, -0.15) is 5.10 Å². The Balaban J connectivity index is 1.92. The molecular formula is C16H21N3O. The second-order valence-electron chi connectivity index (χ2n) is 5.77. The van der Waals surface area contributed by atoms with Gasteiger partial charge < -0.3 is 5.11 Å². The average Bonchev–Trinajstić information content (AvgIpc) is 2.97. The van der Waals surface area contributed by atoms with Crippen LogP contribution in [0.15, 0.2) is 24.5 Å². The minimum atomic E-state index is -0.792. The first-order chi connectivity index (χ1) is 9.62. The van der Waals surface area contributed by atoms with Crippen molar-refractivity contribution in [2.45, 2.75) is 51.7 Å². The van der Waals surface area contributed by atoms with Crippen molar-refractivity contribution in [3.05, 3.63) is 47.0 Å². The highest BCUT2D eigenvalue weighted by Gasteiger charge is 2.38. The quantitative estimate of drug-likeness (QED) is 0.929. The highest BCUT2D eigenvalue weighted by atomic mass is 16.3. The van der Waals surface area contributed by atoms with E-state index in [0.717, 1.165) is 37.2 Å². The van der Waals surface area contributed by atoms with Gasteiger partial charge in [-0.1, -0.05) is 30.7 Å². The first kappa shape index (κ1) is 13.3. The van der Waals surface area contributed by atoms with Crippen LogP contribution in [0.3, 0.4) is 0 Å². The zero-order chi connectivity index (χ0) is 14.2. The number of aromatic nitrogens is 3. The van der Waals surface area contributed by atoms with Crippen molar-refractivity contribution in [1.29, 1.82) is 0 Å². The van der Waals surface area contributed by atoms with Crippen molar-refractivity contribution < 1.29 is 5.11 Å². The molecule has 3 rings (SSSR count). The lowest BCUT2D eigenvalue weighted by molar-refractivity contribution is 0.0357. The van der Waals surface area contributed by atoms with Gasteiger partial charge in [-0.05, 0) is 37.3 Å². The topological polar surface area (TPSA) is 50.9 Å². The fourth-order valence-corrected chi connectivity index (χ4v) is 3.09. The smallest absolute Gasteiger partial charge is 0.138 e. The van der Waals surface area contributed by atoms with Crippen LogP contribution >= 0.6 is 0 Å². The van der Waals surface area contributed by atoms with E-state index in [4.69, 9.17) is 0 Å². The molecule has 1 unspecified atom stereocenters. The second-order valence-corrected chi connectivity index (χ2v) is 5.77. The Labute approximate surface area is 119 Å². The van der Waals surface area contributed by atoms with Crippen molar-refractivity contribution in [3.63, 3.8) is 0 Å². The van der Waals surface area contributed by atoms with Gasteiger partial charge in [-0.15, -0.1) is 0 Å². The molecular weight excluding hydrogens is 250 g/mol. The van der Waals surface area contributed by atoms with Crippen LogP contribution in [0.2, 0.25) is 0 Å². The van der Waals surface area contributed by atoms with Crippen molar-refractivity contribution in [2.24, 2.45) is 0 Å². The third kappa shape index (κ3) is 2.24. The van der Waals surface area contributed by atoms with Crippen LogP contribution in [-0.2, 0) is 25.0 Å². The standard InChI is InChI=1S/C16H21N3O/c1-3-8-19-15(17-11-18-19)10-16(20)7-6-13-5-4-12(2)9-14(13)16/h4-5,9,11,20H,3,6-8,10H2,1-2H3. The number of hydrogen-bond donors (Lipinski definition) is 1. The Kier molecular flexibility index (Phi) is 3.34. The van der Waals surface area contributed by atoms with E-state index in [1.165, 1.54) is 11.1 Å². The van der Waals surface area contributed by atoms with Crippen molar-refractivity contribution >= 4 is 0 Å². The summed E-state index contributed by atoms with van der Waals surface area (Å²) in [5.74, 6) is 0.878. The predicted octanol–water partition coefficient (Wildman–Crippen LogP) is 2.37. The normalized spacial score (nSPS) is 21.1. The van der Waals surface area contributed by atoms with Crippen LogP contribution in [0.25, 0.3) is 0 Å². The molecule has 2 aromatic rings. The van der Waals surface area contributed by atoms with Gasteiger partial charge in [-0.3, -0.25) is 0 Å². The molecule has 106 valence electrons. The van der Waals surface area contributed by atoms with E-state index in [9.17, 15) is 5.11 Å². The van der Waals surface area contributed by atoms with Gasteiger partial charge in [0.25, 0.3) is 0 Å². The predicted molar refractivity (Wildman–Crippen MR) is 77.4 cm³/mol. The Morgan fingerprint density at radius 3 is 3.05 bits per heavy atom. The van der Waals surface area contributed by atoms with Crippen LogP contribution in [0.1, 0.15) is 42.3 Å². The second kappa shape index (κ2) is 5.02. The van der Waals surface area contributed by atoms with E-state index < -0.39 is 5.60 Å². The molecule has 0 amide bonds. The van der Waals surface area contributed by atoms with E-state index in [0.29, 0.717) is 6.42 Å². The minimum Gasteiger partial charge on any atom is -0.385 e. The molecule has 0 aliphatic heterocycles. The maximum atomic E-state index is 11.1. The van der Waals surface area contributed by atoms with Crippen LogP contribution in [0.5, 0.6) is 0 Å². The van der Waals surface area contributed by atoms with Gasteiger partial charge in [-0.25, -0.2) is 9.67 Å². The summed E-state index contributed by atoms with van der Waals surface area (Å²) in [6.07, 6.45) is 4.85. The van der Waals surface area contributed by atoms with Gasteiger partial charge in [0.2, 0.25) is 0 Å². The maximum Gasteiger partial charge on any atom is 0.138 e. The molecule has 0 radical (unpaired) electrons. The zero-order valence-electron chi connectivity index (χ0n) is 12.1. The third-order valence-corrected chi connectivity index (χ3v) is 4.16. The molecule has 0 bridgehead atoms. The monoisotopic (exact) mass is 271 g/mol. The molecule has 0 spiro atoms. The fraction of sp³-hybridized carbons (Fsp3) is 0.500. The van der Waals surface area contributed by atoms with Crippen molar-refractivity contribution in [2.75, 3.05) is 0 Å². The first-order valence-corrected chi connectivity index (χ1v) is 7.31. The molecule has 0 saturated carbocycles. The molecule has 4 nitrogen and oxygen atoms in total. The van der Waals surface area contributed by atoms with Crippen molar-refractivity contribution in [1.82, 2.24) is 14.8 Å². The third-order valence-electron chi connectivity index (χ3n) is 4.16. The summed E-state index contributed by atoms with van der Waals surface area (Å²) in [5.41, 5.74) is 2.74. The van der Waals surface area contributed by atoms with E-state index in [2.05, 4.69) is 42.1 Å². The number of benzene rings is 1. The van der Waals surface area contributed by atoms with Crippen molar-refractivity contribution in [3.8, 4) is 0 Å². The van der Waals surface area contributed by atoms with Gasteiger partial charge in [0.15, 0.2) is 0 Å². The molecule has 1 aromatic heterocycles. The van der Waals surface area contributed by atoms with Gasteiger partial charge >= 0.3 is 0 Å². The Bertz CT molecular complexity index is 620. The summed E-state index contributed by atoms with van der Waals surface area (Å²) in [6.45, 7) is 5.04. The molecule has 0 fully saturated rings. The van der Waals surface area contributed by atoms with E-state index >= 15 is 0 Å². The molecule has 4 heteroatoms. The summed E-state index contributed by atoms with van der Waals surface area (Å²) >= 11 is 0. The van der Waals surface area contributed by atoms with Gasteiger partial charge in [0.05, 0.1) is 5.60 Å². The number of hydrogen-bond acceptors (Lipinski definition) is 3. The molecule has 0 saturated heterocycles. The highest BCUT2D eigenvalue weighted by molar-refractivity contribution is 5.40. The lowest BCUT2D eigenvalue weighted by Crippen LogP contribution is -2.27. The maximum absolute atomic E-state index is 11.1. The Morgan fingerprint density at radius 1 is 1.40 bits per heavy atom. The number of nitrogens with zero attached hydrogens (tertiary/aromatic N) is 3. The Hall–Kier alpha value is -1.68. The van der Waals surface area contributed by atoms with Crippen LogP contribution < -0.4 is 0 Å². The summed E-state index contributed by atoms with van der Waals surface area (Å²) in [6, 6.07) is 6.37. The lowest BCUT2D eigenvalue weighted by Gasteiger charge is -2.24. The summed E-state index contributed by atoms with van der Waals surface area (Å²) in [7, 11) is 0. The minimum absolute atomic E-state index is 0.545. The number of aliphatic hydroxyl groups is 1. The van der Waals surface area contributed by atoms with Crippen LogP contribution in [-0.4, -0.2) is 19.9 Å². The molecule has 1 aliphatic carbocycles. The average molecular weight is 271 g/mol. The fourth-order valence-electron chi connectivity index (χ4n) is 3.09. The largest absolute Gasteiger partial charge is 0.385 e. The molecule has 1 atom stereocenters. The van der Waals surface area contributed by atoms with Gasteiger partial charge in [0.1, 0.15) is 12.2 Å². The lowest BCUT2D eigenvalue weighted by atomic mass is 9.91. The number of fused-ring (bicyclic) bond motifs is 1. The van der Waals surface area contributed by atoms with E-state index in [1.54, 1.807) is 6.33 Å². The molecule has 1 aromatic carbocycles. The SMILES string of the molecule is CCCn1ncnc1CC1(O)CCc2ccc(C)cc21. The number of aryl methyl sites for hydroxylation is 3. The highest BCUT2D eigenvalue weighted by Crippen LogP contribution is 2.39. The van der Waals surface area contributed by atoms with Crippen LogP contribution in [0.4, 0.5) is 0 Å². The molecule has 20 heavy (non-hydrogen) atoms.